The van der Waals surface area contributed by atoms with Gasteiger partial charge in [-0.2, -0.15) is 4.99 Å². The average molecular weight is 262 g/mol. The van der Waals surface area contributed by atoms with E-state index in [-0.39, 0.29) is 24.3 Å². The molecule has 0 aliphatic heterocycles. The lowest BCUT2D eigenvalue weighted by Crippen LogP contribution is -2.25. The SMILES string of the molecule is CN=C(N)N=C(N)Nc1ccc(Cl)cc1.Cl. The van der Waals surface area contributed by atoms with Gasteiger partial charge in [-0.1, -0.05) is 11.6 Å². The number of hydrogen-bond donors (Lipinski definition) is 3. The third-order valence-electron chi connectivity index (χ3n) is 1.58. The number of aliphatic imine (C=N–C) groups is 2. The van der Waals surface area contributed by atoms with Gasteiger partial charge in [-0.3, -0.25) is 4.99 Å². The Hall–Kier alpha value is -1.46. The summed E-state index contributed by atoms with van der Waals surface area (Å²) in [7, 11) is 1.54. The maximum atomic E-state index is 5.73. The number of halogens is 2. The van der Waals surface area contributed by atoms with Gasteiger partial charge in [-0.15, -0.1) is 12.4 Å². The van der Waals surface area contributed by atoms with Crippen molar-refractivity contribution in [3.05, 3.63) is 29.3 Å². The highest BCUT2D eigenvalue weighted by Gasteiger charge is 1.95. The molecule has 0 aliphatic rings. The van der Waals surface area contributed by atoms with Crippen molar-refractivity contribution in [2.45, 2.75) is 0 Å². The summed E-state index contributed by atoms with van der Waals surface area (Å²) in [5, 5.41) is 3.50. The van der Waals surface area contributed by atoms with Gasteiger partial charge in [-0.25, -0.2) is 0 Å². The van der Waals surface area contributed by atoms with E-state index in [2.05, 4.69) is 15.3 Å². The molecule has 0 aromatic heterocycles. The normalized spacial score (nSPS) is 11.9. The Kier molecular flexibility index (Phi) is 6.29. The molecular weight excluding hydrogens is 249 g/mol. The number of nitrogens with two attached hydrogens (primary N) is 2. The van der Waals surface area contributed by atoms with Crippen molar-refractivity contribution in [1.29, 1.82) is 0 Å². The average Bonchev–Trinajstić information content (AvgIpc) is 2.21. The predicted octanol–water partition coefficient (Wildman–Crippen LogP) is 1.43. The van der Waals surface area contributed by atoms with Gasteiger partial charge >= 0.3 is 0 Å². The molecule has 5 nitrogen and oxygen atoms in total. The van der Waals surface area contributed by atoms with Crippen LogP contribution in [-0.2, 0) is 0 Å². The van der Waals surface area contributed by atoms with E-state index in [1.54, 1.807) is 24.3 Å². The third-order valence-corrected chi connectivity index (χ3v) is 1.83. The first-order valence-electron chi connectivity index (χ1n) is 4.21. The van der Waals surface area contributed by atoms with E-state index in [9.17, 15) is 0 Å². The van der Waals surface area contributed by atoms with E-state index in [4.69, 9.17) is 23.1 Å². The van der Waals surface area contributed by atoms with Crippen molar-refractivity contribution < 1.29 is 0 Å². The first-order valence-corrected chi connectivity index (χ1v) is 4.58. The number of rotatable bonds is 1. The van der Waals surface area contributed by atoms with Crippen molar-refractivity contribution in [2.24, 2.45) is 21.5 Å². The van der Waals surface area contributed by atoms with Gasteiger partial charge in [0.05, 0.1) is 0 Å². The number of hydrogen-bond acceptors (Lipinski definition) is 1. The van der Waals surface area contributed by atoms with E-state index in [0.29, 0.717) is 5.02 Å². The van der Waals surface area contributed by atoms with Crippen LogP contribution in [0, 0.1) is 0 Å². The van der Waals surface area contributed by atoms with Crippen LogP contribution in [-0.4, -0.2) is 19.0 Å². The quantitative estimate of drug-likeness (QED) is 0.528. The molecule has 5 N–H and O–H groups in total. The van der Waals surface area contributed by atoms with Crippen molar-refractivity contribution in [3.8, 4) is 0 Å². The molecule has 0 aliphatic carbocycles. The Balaban J connectivity index is 0.00000225. The second-order valence-corrected chi connectivity index (χ2v) is 3.15. The van der Waals surface area contributed by atoms with Crippen LogP contribution in [0.3, 0.4) is 0 Å². The molecule has 1 aromatic carbocycles. The summed E-state index contributed by atoms with van der Waals surface area (Å²) in [6, 6.07) is 7.05. The lowest BCUT2D eigenvalue weighted by molar-refractivity contribution is 1.34. The van der Waals surface area contributed by atoms with Crippen LogP contribution >= 0.6 is 24.0 Å². The minimum atomic E-state index is 0. The summed E-state index contributed by atoms with van der Waals surface area (Å²) in [4.78, 5) is 7.44. The molecule has 0 atom stereocenters. The molecule has 0 bridgehead atoms. The second-order valence-electron chi connectivity index (χ2n) is 2.71. The predicted molar refractivity (Wildman–Crippen MR) is 71.5 cm³/mol. The number of anilines is 1. The summed E-state index contributed by atoms with van der Waals surface area (Å²) >= 11 is 5.73. The molecular formula is C9H13Cl2N5. The van der Waals surface area contributed by atoms with Crippen molar-refractivity contribution >= 4 is 41.6 Å². The Bertz CT molecular complexity index is 385. The topological polar surface area (TPSA) is 88.8 Å². The first kappa shape index (κ1) is 14.5. The van der Waals surface area contributed by atoms with Gasteiger partial charge < -0.3 is 16.8 Å². The minimum Gasteiger partial charge on any atom is -0.369 e. The highest BCUT2D eigenvalue weighted by atomic mass is 35.5. The molecule has 0 heterocycles. The zero-order valence-electron chi connectivity index (χ0n) is 8.64. The van der Waals surface area contributed by atoms with E-state index >= 15 is 0 Å². The van der Waals surface area contributed by atoms with E-state index in [1.165, 1.54) is 7.05 Å². The maximum Gasteiger partial charge on any atom is 0.218 e. The summed E-state index contributed by atoms with van der Waals surface area (Å²) in [5.41, 5.74) is 11.7. The second kappa shape index (κ2) is 6.92. The molecule has 0 radical (unpaired) electrons. The van der Waals surface area contributed by atoms with Crippen LogP contribution in [0.25, 0.3) is 0 Å². The van der Waals surface area contributed by atoms with Gasteiger partial charge in [0.2, 0.25) is 11.9 Å². The molecule has 1 aromatic rings. The van der Waals surface area contributed by atoms with Crippen LogP contribution in [0.2, 0.25) is 5.02 Å². The van der Waals surface area contributed by atoms with Gasteiger partial charge in [0, 0.05) is 17.8 Å². The molecule has 1 rings (SSSR count). The molecule has 16 heavy (non-hydrogen) atoms. The maximum absolute atomic E-state index is 5.73. The van der Waals surface area contributed by atoms with Crippen molar-refractivity contribution in [2.75, 3.05) is 12.4 Å². The Morgan fingerprint density at radius 1 is 1.25 bits per heavy atom. The number of nitrogens with zero attached hydrogens (tertiary/aromatic N) is 2. The Labute approximate surface area is 105 Å². The van der Waals surface area contributed by atoms with Gasteiger partial charge in [0.1, 0.15) is 0 Å². The Morgan fingerprint density at radius 2 is 1.81 bits per heavy atom. The largest absolute Gasteiger partial charge is 0.369 e. The summed E-state index contributed by atoms with van der Waals surface area (Å²) < 4.78 is 0. The smallest absolute Gasteiger partial charge is 0.218 e. The Morgan fingerprint density at radius 3 is 2.31 bits per heavy atom. The van der Waals surface area contributed by atoms with Gasteiger partial charge in [-0.05, 0) is 24.3 Å². The molecule has 0 saturated carbocycles. The fourth-order valence-electron chi connectivity index (χ4n) is 0.882. The lowest BCUT2D eigenvalue weighted by Gasteiger charge is -2.04. The molecule has 88 valence electrons. The number of guanidine groups is 2. The van der Waals surface area contributed by atoms with Crippen LogP contribution in [0.4, 0.5) is 5.69 Å². The molecule has 0 unspecified atom stereocenters. The fourth-order valence-corrected chi connectivity index (χ4v) is 1.01. The van der Waals surface area contributed by atoms with Gasteiger partial charge in [0.15, 0.2) is 0 Å². The zero-order chi connectivity index (χ0) is 11.3. The van der Waals surface area contributed by atoms with Crippen LogP contribution < -0.4 is 16.8 Å². The fraction of sp³-hybridized carbons (Fsp3) is 0.111. The highest BCUT2D eigenvalue weighted by Crippen LogP contribution is 2.12. The zero-order valence-corrected chi connectivity index (χ0v) is 10.2. The number of nitrogens with one attached hydrogen (secondary N) is 1. The summed E-state index contributed by atoms with van der Waals surface area (Å²) in [6.07, 6.45) is 0. The minimum absolute atomic E-state index is 0. The molecule has 0 spiro atoms. The summed E-state index contributed by atoms with van der Waals surface area (Å²) in [5.74, 6) is 0.300. The van der Waals surface area contributed by atoms with Crippen LogP contribution in [0.1, 0.15) is 0 Å². The van der Waals surface area contributed by atoms with Crippen molar-refractivity contribution in [3.63, 3.8) is 0 Å². The highest BCUT2D eigenvalue weighted by molar-refractivity contribution is 6.30. The molecule has 0 saturated heterocycles. The number of benzene rings is 1. The van der Waals surface area contributed by atoms with Crippen LogP contribution in [0.5, 0.6) is 0 Å². The van der Waals surface area contributed by atoms with Crippen LogP contribution in [0.15, 0.2) is 34.3 Å². The monoisotopic (exact) mass is 261 g/mol. The van der Waals surface area contributed by atoms with E-state index < -0.39 is 0 Å². The van der Waals surface area contributed by atoms with E-state index in [0.717, 1.165) is 5.69 Å². The lowest BCUT2D eigenvalue weighted by atomic mass is 10.3. The first-order chi connectivity index (χ1) is 7.11. The summed E-state index contributed by atoms with van der Waals surface area (Å²) in [6.45, 7) is 0. The molecule has 7 heteroatoms. The van der Waals surface area contributed by atoms with E-state index in [1.807, 2.05) is 0 Å². The third kappa shape index (κ3) is 4.86. The molecule has 0 amide bonds. The standard InChI is InChI=1S/C9H12ClN5.ClH/c1-13-8(11)15-9(12)14-7-4-2-6(10)3-5-7;/h2-5H,1H3,(H5,11,12,13,14,15);1H. The van der Waals surface area contributed by atoms with Crippen molar-refractivity contribution in [1.82, 2.24) is 0 Å². The van der Waals surface area contributed by atoms with Gasteiger partial charge in [0.25, 0.3) is 0 Å². The molecule has 0 fully saturated rings.